The van der Waals surface area contributed by atoms with Gasteiger partial charge in [-0.2, -0.15) is 5.10 Å². The topological polar surface area (TPSA) is 69.2 Å². The van der Waals surface area contributed by atoms with Gasteiger partial charge in [0.2, 0.25) is 0 Å². The molecule has 6 nitrogen and oxygen atoms in total. The van der Waals surface area contributed by atoms with Crippen LogP contribution in [0.15, 0.2) is 70.2 Å². The van der Waals surface area contributed by atoms with Gasteiger partial charge in [-0.15, -0.1) is 23.5 Å². The van der Waals surface area contributed by atoms with Gasteiger partial charge in [0.1, 0.15) is 18.2 Å². The van der Waals surface area contributed by atoms with Crippen molar-refractivity contribution in [2.24, 2.45) is 5.10 Å². The van der Waals surface area contributed by atoms with E-state index < -0.39 is 0 Å². The lowest BCUT2D eigenvalue weighted by molar-refractivity contribution is -0.123. The molecule has 36 heavy (non-hydrogen) atoms. The number of methoxy groups -OCH3 is 1. The molecule has 4 rings (SSSR count). The Morgan fingerprint density at radius 1 is 1.14 bits per heavy atom. The Balaban J connectivity index is 1.29. The summed E-state index contributed by atoms with van der Waals surface area (Å²) >= 11 is 7.34. The second kappa shape index (κ2) is 13.0. The number of hydrogen-bond acceptors (Lipinski definition) is 7. The number of carbonyl (C=O) groups is 1. The van der Waals surface area contributed by atoms with Crippen LogP contribution < -0.4 is 19.6 Å². The number of halogens is 2. The van der Waals surface area contributed by atoms with Crippen LogP contribution in [0, 0.1) is 5.82 Å². The van der Waals surface area contributed by atoms with Crippen LogP contribution in [-0.2, 0) is 11.4 Å². The third-order valence-corrected chi connectivity index (χ3v) is 8.82. The SMILES string of the molecule is COc1cc(/C=N\NC(=O)COc2ccc(C3SCCS3)cc2)cc(Br)c1OCc1ccccc1F. The number of rotatable bonds is 10. The molecule has 1 saturated heterocycles. The second-order valence-electron chi connectivity index (χ2n) is 7.64. The molecular formula is C26H24BrFN2O4S2. The van der Waals surface area contributed by atoms with Crippen molar-refractivity contribution < 1.29 is 23.4 Å². The normalized spacial score (nSPS) is 13.6. The molecule has 0 bridgehead atoms. The molecule has 1 heterocycles. The Labute approximate surface area is 226 Å². The van der Waals surface area contributed by atoms with Gasteiger partial charge in [-0.05, 0) is 57.4 Å². The molecule has 0 aromatic heterocycles. The van der Waals surface area contributed by atoms with Crippen molar-refractivity contribution in [2.45, 2.75) is 11.2 Å². The number of thioether (sulfide) groups is 2. The minimum absolute atomic E-state index is 0.0480. The molecule has 0 atom stereocenters. The molecule has 3 aromatic carbocycles. The van der Waals surface area contributed by atoms with E-state index in [1.54, 1.807) is 30.3 Å². The number of nitrogens with zero attached hydrogens (tertiary/aromatic N) is 1. The lowest BCUT2D eigenvalue weighted by Gasteiger charge is -2.14. The standard InChI is InChI=1S/C26H24BrFN2O4S2/c1-32-23-13-17(12-21(27)25(23)34-15-19-4-2-3-5-22(19)28)14-29-30-24(31)16-33-20-8-6-18(7-9-20)26-35-10-11-36-26/h2-9,12-14,26H,10-11,15-16H2,1H3,(H,30,31)/b29-14-. The van der Waals surface area contributed by atoms with Gasteiger partial charge in [-0.1, -0.05) is 30.3 Å². The first-order valence-electron chi connectivity index (χ1n) is 11.0. The largest absolute Gasteiger partial charge is 0.493 e. The summed E-state index contributed by atoms with van der Waals surface area (Å²) in [6, 6.07) is 17.7. The molecule has 188 valence electrons. The van der Waals surface area contributed by atoms with Crippen LogP contribution in [0.5, 0.6) is 17.2 Å². The third-order valence-electron chi connectivity index (χ3n) is 5.13. The Kier molecular flexibility index (Phi) is 9.54. The van der Waals surface area contributed by atoms with Crippen molar-refractivity contribution in [3.05, 3.63) is 87.6 Å². The van der Waals surface area contributed by atoms with Crippen LogP contribution in [-0.4, -0.2) is 37.3 Å². The van der Waals surface area contributed by atoms with Gasteiger partial charge in [-0.3, -0.25) is 4.79 Å². The highest BCUT2D eigenvalue weighted by molar-refractivity contribution is 9.10. The summed E-state index contributed by atoms with van der Waals surface area (Å²) in [6.45, 7) is -0.105. The minimum atomic E-state index is -0.381. The van der Waals surface area contributed by atoms with Crippen LogP contribution >= 0.6 is 39.5 Å². The highest BCUT2D eigenvalue weighted by atomic mass is 79.9. The zero-order valence-corrected chi connectivity index (χ0v) is 22.6. The molecule has 10 heteroatoms. The summed E-state index contributed by atoms with van der Waals surface area (Å²) in [4.78, 5) is 12.1. The molecule has 0 aliphatic carbocycles. The molecule has 0 saturated carbocycles. The van der Waals surface area contributed by atoms with E-state index in [1.165, 1.54) is 36.5 Å². The summed E-state index contributed by atoms with van der Waals surface area (Å²) in [5.41, 5.74) is 4.81. The maximum absolute atomic E-state index is 13.9. The first kappa shape index (κ1) is 26.4. The van der Waals surface area contributed by atoms with Gasteiger partial charge in [0.15, 0.2) is 18.1 Å². The molecule has 1 aliphatic heterocycles. The molecule has 0 radical (unpaired) electrons. The molecule has 1 amide bonds. The van der Waals surface area contributed by atoms with E-state index in [2.05, 4.69) is 26.5 Å². The fourth-order valence-electron chi connectivity index (χ4n) is 3.35. The van der Waals surface area contributed by atoms with Crippen molar-refractivity contribution in [3.63, 3.8) is 0 Å². The highest BCUT2D eigenvalue weighted by Gasteiger charge is 2.18. The molecule has 0 unspecified atom stereocenters. The van der Waals surface area contributed by atoms with Crippen molar-refractivity contribution in [2.75, 3.05) is 25.2 Å². The van der Waals surface area contributed by atoms with Gasteiger partial charge in [-0.25, -0.2) is 9.82 Å². The summed E-state index contributed by atoms with van der Waals surface area (Å²) < 4.78 is 31.7. The number of benzene rings is 3. The van der Waals surface area contributed by atoms with Crippen LogP contribution in [0.3, 0.4) is 0 Å². The summed E-state index contributed by atoms with van der Waals surface area (Å²) in [7, 11) is 1.51. The minimum Gasteiger partial charge on any atom is -0.493 e. The number of carbonyl (C=O) groups excluding carboxylic acids is 1. The average Bonchev–Trinajstić information content (AvgIpc) is 3.43. The van der Waals surface area contributed by atoms with E-state index in [9.17, 15) is 9.18 Å². The number of nitrogens with one attached hydrogen (secondary N) is 1. The second-order valence-corrected chi connectivity index (χ2v) is 11.2. The van der Waals surface area contributed by atoms with E-state index in [-0.39, 0.29) is 24.9 Å². The summed E-state index contributed by atoms with van der Waals surface area (Å²) in [6.07, 6.45) is 1.48. The van der Waals surface area contributed by atoms with E-state index in [0.29, 0.717) is 37.4 Å². The average molecular weight is 592 g/mol. The molecule has 0 spiro atoms. The Hall–Kier alpha value is -2.69. The van der Waals surface area contributed by atoms with Crippen LogP contribution in [0.25, 0.3) is 0 Å². The van der Waals surface area contributed by atoms with Gasteiger partial charge in [0, 0.05) is 17.1 Å². The predicted molar refractivity (Wildman–Crippen MR) is 147 cm³/mol. The van der Waals surface area contributed by atoms with Crippen LogP contribution in [0.1, 0.15) is 21.3 Å². The summed E-state index contributed by atoms with van der Waals surface area (Å²) in [5, 5.41) is 3.99. The van der Waals surface area contributed by atoms with E-state index in [1.807, 2.05) is 47.8 Å². The molecule has 1 N–H and O–H groups in total. The van der Waals surface area contributed by atoms with E-state index >= 15 is 0 Å². The maximum Gasteiger partial charge on any atom is 0.277 e. The smallest absolute Gasteiger partial charge is 0.277 e. The van der Waals surface area contributed by atoms with Crippen molar-refractivity contribution in [3.8, 4) is 17.2 Å². The number of ether oxygens (including phenoxy) is 3. The van der Waals surface area contributed by atoms with Crippen molar-refractivity contribution >= 4 is 51.6 Å². The molecular weight excluding hydrogens is 567 g/mol. The third kappa shape index (κ3) is 7.18. The van der Waals surface area contributed by atoms with Crippen molar-refractivity contribution in [1.29, 1.82) is 0 Å². The first-order valence-corrected chi connectivity index (χ1v) is 13.9. The lowest BCUT2D eigenvalue weighted by atomic mass is 10.2. The first-order chi connectivity index (χ1) is 17.5. The van der Waals surface area contributed by atoms with Gasteiger partial charge < -0.3 is 14.2 Å². The fraction of sp³-hybridized carbons (Fsp3) is 0.231. The summed E-state index contributed by atoms with van der Waals surface area (Å²) in [5.74, 6) is 3.13. The monoisotopic (exact) mass is 590 g/mol. The molecule has 1 fully saturated rings. The van der Waals surface area contributed by atoms with Crippen LogP contribution in [0.4, 0.5) is 4.39 Å². The number of amides is 1. The van der Waals surface area contributed by atoms with Gasteiger partial charge in [0.05, 0.1) is 22.4 Å². The Morgan fingerprint density at radius 3 is 2.61 bits per heavy atom. The Bertz CT molecular complexity index is 1220. The van der Waals surface area contributed by atoms with Crippen molar-refractivity contribution in [1.82, 2.24) is 5.43 Å². The van der Waals surface area contributed by atoms with E-state index in [4.69, 9.17) is 14.2 Å². The zero-order valence-electron chi connectivity index (χ0n) is 19.4. The fourth-order valence-corrected chi connectivity index (χ4v) is 6.79. The zero-order chi connectivity index (χ0) is 25.3. The number of hydrogen-bond donors (Lipinski definition) is 1. The van der Waals surface area contributed by atoms with Gasteiger partial charge in [0.25, 0.3) is 5.91 Å². The number of hydrazone groups is 1. The van der Waals surface area contributed by atoms with E-state index in [0.717, 1.165) is 0 Å². The maximum atomic E-state index is 13.9. The lowest BCUT2D eigenvalue weighted by Crippen LogP contribution is -2.24. The molecule has 1 aliphatic rings. The quantitative estimate of drug-likeness (QED) is 0.224. The highest BCUT2D eigenvalue weighted by Crippen LogP contribution is 2.45. The Morgan fingerprint density at radius 2 is 1.89 bits per heavy atom. The predicted octanol–water partition coefficient (Wildman–Crippen LogP) is 6.18. The van der Waals surface area contributed by atoms with Gasteiger partial charge >= 0.3 is 0 Å². The van der Waals surface area contributed by atoms with Crippen LogP contribution in [0.2, 0.25) is 0 Å². The molecule has 3 aromatic rings.